The molecule has 21 heavy (non-hydrogen) atoms. The largest absolute Gasteiger partial charge is 0.377 e. The summed E-state index contributed by atoms with van der Waals surface area (Å²) in [5.41, 5.74) is 6.79. The van der Waals surface area contributed by atoms with Crippen LogP contribution in [0.5, 0.6) is 0 Å². The standard InChI is InChI=1S/C15H25N5O/c1-14(2)13-11(4-3-7-21-13)15(14,16)9-19-5-6-20-10-17-18-12(20)8-19/h10-11,13H,3-9,16H2,1-2H3. The lowest BCUT2D eigenvalue weighted by Gasteiger charge is -2.67. The number of ether oxygens (including phenoxy) is 1. The van der Waals surface area contributed by atoms with E-state index in [0.29, 0.717) is 12.0 Å². The Kier molecular flexibility index (Phi) is 2.93. The van der Waals surface area contributed by atoms with Crippen LogP contribution < -0.4 is 5.73 Å². The molecule has 1 saturated carbocycles. The molecular weight excluding hydrogens is 266 g/mol. The summed E-state index contributed by atoms with van der Waals surface area (Å²) >= 11 is 0. The van der Waals surface area contributed by atoms with Gasteiger partial charge < -0.3 is 15.0 Å². The van der Waals surface area contributed by atoms with Crippen molar-refractivity contribution < 1.29 is 4.74 Å². The molecule has 0 bridgehead atoms. The van der Waals surface area contributed by atoms with Gasteiger partial charge in [-0.05, 0) is 12.8 Å². The number of hydrogen-bond acceptors (Lipinski definition) is 5. The lowest BCUT2D eigenvalue weighted by atomic mass is 9.46. The monoisotopic (exact) mass is 291 g/mol. The summed E-state index contributed by atoms with van der Waals surface area (Å²) in [6, 6.07) is 0. The van der Waals surface area contributed by atoms with E-state index in [1.807, 2.05) is 6.33 Å². The number of nitrogens with two attached hydrogens (primary N) is 1. The molecule has 0 spiro atoms. The van der Waals surface area contributed by atoms with Gasteiger partial charge in [-0.25, -0.2) is 0 Å². The van der Waals surface area contributed by atoms with Gasteiger partial charge in [-0.15, -0.1) is 10.2 Å². The van der Waals surface area contributed by atoms with Gasteiger partial charge in [0.2, 0.25) is 0 Å². The van der Waals surface area contributed by atoms with Gasteiger partial charge in [0.15, 0.2) is 0 Å². The van der Waals surface area contributed by atoms with Gasteiger partial charge in [0.1, 0.15) is 12.2 Å². The Morgan fingerprint density at radius 2 is 2.29 bits per heavy atom. The fourth-order valence-corrected chi connectivity index (χ4v) is 4.61. The van der Waals surface area contributed by atoms with Gasteiger partial charge in [-0.3, -0.25) is 4.90 Å². The van der Waals surface area contributed by atoms with Crippen molar-refractivity contribution in [1.82, 2.24) is 19.7 Å². The second kappa shape index (κ2) is 4.51. The molecule has 6 heteroatoms. The smallest absolute Gasteiger partial charge is 0.147 e. The first-order valence-corrected chi connectivity index (χ1v) is 8.02. The summed E-state index contributed by atoms with van der Waals surface area (Å²) in [5, 5.41) is 8.20. The van der Waals surface area contributed by atoms with Gasteiger partial charge >= 0.3 is 0 Å². The Bertz CT molecular complexity index is 542. The highest BCUT2D eigenvalue weighted by molar-refractivity contribution is 5.21. The van der Waals surface area contributed by atoms with E-state index in [4.69, 9.17) is 10.5 Å². The van der Waals surface area contributed by atoms with E-state index in [-0.39, 0.29) is 11.0 Å². The molecule has 3 unspecified atom stereocenters. The highest BCUT2D eigenvalue weighted by Crippen LogP contribution is 2.57. The topological polar surface area (TPSA) is 69.2 Å². The van der Waals surface area contributed by atoms with Crippen molar-refractivity contribution in [1.29, 1.82) is 0 Å². The molecule has 1 aliphatic carbocycles. The maximum absolute atomic E-state index is 6.90. The maximum atomic E-state index is 6.90. The average Bonchev–Trinajstić information content (AvgIpc) is 2.94. The average molecular weight is 291 g/mol. The minimum absolute atomic E-state index is 0.0448. The Hall–Kier alpha value is -0.980. The molecule has 6 nitrogen and oxygen atoms in total. The molecule has 3 aliphatic rings. The fraction of sp³-hybridized carbons (Fsp3) is 0.867. The van der Waals surface area contributed by atoms with Gasteiger partial charge in [-0.1, -0.05) is 13.8 Å². The van der Waals surface area contributed by atoms with Crippen molar-refractivity contribution in [2.45, 2.75) is 51.4 Å². The molecular formula is C15H25N5O. The number of rotatable bonds is 2. The number of nitrogens with zero attached hydrogens (tertiary/aromatic N) is 4. The van der Waals surface area contributed by atoms with Crippen LogP contribution in [-0.2, 0) is 17.8 Å². The van der Waals surface area contributed by atoms with E-state index >= 15 is 0 Å². The van der Waals surface area contributed by atoms with Gasteiger partial charge in [-0.2, -0.15) is 0 Å². The molecule has 2 aliphatic heterocycles. The van der Waals surface area contributed by atoms with Gasteiger partial charge in [0.25, 0.3) is 0 Å². The second-order valence-electron chi connectivity index (χ2n) is 7.45. The van der Waals surface area contributed by atoms with E-state index in [0.717, 1.165) is 45.0 Å². The van der Waals surface area contributed by atoms with Crippen molar-refractivity contribution in [3.8, 4) is 0 Å². The number of hydrogen-bond donors (Lipinski definition) is 1. The molecule has 2 N–H and O–H groups in total. The van der Waals surface area contributed by atoms with Crippen LogP contribution in [0.1, 0.15) is 32.5 Å². The first-order valence-electron chi connectivity index (χ1n) is 8.02. The van der Waals surface area contributed by atoms with Crippen molar-refractivity contribution in [3.63, 3.8) is 0 Å². The third-order valence-corrected chi connectivity index (χ3v) is 6.10. The molecule has 0 radical (unpaired) electrons. The highest BCUT2D eigenvalue weighted by atomic mass is 16.5. The van der Waals surface area contributed by atoms with E-state index in [1.165, 1.54) is 6.42 Å². The molecule has 116 valence electrons. The Labute approximate surface area is 125 Å². The molecule has 0 amide bonds. The molecule has 4 rings (SSSR count). The van der Waals surface area contributed by atoms with Crippen LogP contribution in [0, 0.1) is 11.3 Å². The summed E-state index contributed by atoms with van der Waals surface area (Å²) in [6.45, 7) is 9.21. The summed E-state index contributed by atoms with van der Waals surface area (Å²) < 4.78 is 8.13. The minimum atomic E-state index is -0.153. The quantitative estimate of drug-likeness (QED) is 0.865. The van der Waals surface area contributed by atoms with E-state index in [9.17, 15) is 0 Å². The summed E-state index contributed by atoms with van der Waals surface area (Å²) in [4.78, 5) is 2.44. The summed E-state index contributed by atoms with van der Waals surface area (Å²) in [6.07, 6.45) is 4.51. The first-order chi connectivity index (χ1) is 10.0. The van der Waals surface area contributed by atoms with Crippen molar-refractivity contribution in [2.75, 3.05) is 19.7 Å². The zero-order valence-electron chi connectivity index (χ0n) is 13.0. The molecule has 3 heterocycles. The van der Waals surface area contributed by atoms with Gasteiger partial charge in [0, 0.05) is 43.1 Å². The highest BCUT2D eigenvalue weighted by Gasteiger charge is 2.66. The van der Waals surface area contributed by atoms with E-state index in [1.54, 1.807) is 0 Å². The first kappa shape index (κ1) is 13.7. The van der Waals surface area contributed by atoms with E-state index < -0.39 is 0 Å². The van der Waals surface area contributed by atoms with Crippen LogP contribution in [0.2, 0.25) is 0 Å². The van der Waals surface area contributed by atoms with Crippen LogP contribution in [0.15, 0.2) is 6.33 Å². The Morgan fingerprint density at radius 3 is 3.14 bits per heavy atom. The summed E-state index contributed by atoms with van der Waals surface area (Å²) in [7, 11) is 0. The molecule has 1 aromatic heterocycles. The Balaban J connectivity index is 1.51. The van der Waals surface area contributed by atoms with Crippen LogP contribution in [0.4, 0.5) is 0 Å². The normalized spacial score (nSPS) is 38.4. The fourth-order valence-electron chi connectivity index (χ4n) is 4.61. The molecule has 1 saturated heterocycles. The Morgan fingerprint density at radius 1 is 1.43 bits per heavy atom. The van der Waals surface area contributed by atoms with Crippen LogP contribution in [0.3, 0.4) is 0 Å². The maximum Gasteiger partial charge on any atom is 0.147 e. The van der Waals surface area contributed by atoms with Crippen LogP contribution >= 0.6 is 0 Å². The SMILES string of the molecule is CC1(C)C2OCCCC2C1(N)CN1CCn2cnnc2C1. The lowest BCUT2D eigenvalue weighted by Crippen LogP contribution is -2.80. The lowest BCUT2D eigenvalue weighted by molar-refractivity contribution is -0.232. The van der Waals surface area contributed by atoms with Crippen LogP contribution in [0.25, 0.3) is 0 Å². The molecule has 0 aromatic carbocycles. The molecule has 1 aromatic rings. The molecule has 3 atom stereocenters. The molecule has 2 fully saturated rings. The summed E-state index contributed by atoms with van der Waals surface area (Å²) in [5.74, 6) is 1.56. The zero-order chi connectivity index (χ0) is 14.7. The third-order valence-electron chi connectivity index (χ3n) is 6.10. The van der Waals surface area contributed by atoms with Crippen molar-refractivity contribution in [3.05, 3.63) is 12.2 Å². The van der Waals surface area contributed by atoms with Crippen molar-refractivity contribution >= 4 is 0 Å². The van der Waals surface area contributed by atoms with Gasteiger partial charge in [0.05, 0.1) is 12.6 Å². The van der Waals surface area contributed by atoms with Crippen LogP contribution in [-0.4, -0.2) is 51.0 Å². The van der Waals surface area contributed by atoms with E-state index in [2.05, 4.69) is 33.5 Å². The third kappa shape index (κ3) is 1.82. The predicted octanol–water partition coefficient (Wildman–Crippen LogP) is 0.626. The van der Waals surface area contributed by atoms with Crippen molar-refractivity contribution in [2.24, 2.45) is 17.1 Å². The minimum Gasteiger partial charge on any atom is -0.377 e. The number of fused-ring (bicyclic) bond motifs is 2. The zero-order valence-corrected chi connectivity index (χ0v) is 13.0. The number of aromatic nitrogens is 3. The predicted molar refractivity (Wildman–Crippen MR) is 78.5 cm³/mol. The second-order valence-corrected chi connectivity index (χ2v) is 7.45.